The maximum Gasteiger partial charge on any atom is 0.343 e. The third-order valence-corrected chi connectivity index (χ3v) is 11.9. The standard InChI is InChI=1S/C28H41NO6Si/c1-8-33-27(31)25-17-22(21-11-15-24(16-12-21)35-36(6,7)28(2,3)4)18-29(26(25)30)34-19-20-9-13-23(32-5)14-10-20/h9-11,13-15,17,21-22,24H,8,12,16,18-19H2,1-7H3/t21-,22?,24-/m0/s1. The molecule has 3 atom stereocenters. The van der Waals surface area contributed by atoms with Crippen molar-refractivity contribution in [3.8, 4) is 5.75 Å². The Morgan fingerprint density at radius 2 is 1.78 bits per heavy atom. The summed E-state index contributed by atoms with van der Waals surface area (Å²) in [4.78, 5) is 31.6. The summed E-state index contributed by atoms with van der Waals surface area (Å²) in [5, 5.41) is 1.47. The molecule has 0 bridgehead atoms. The molecule has 1 aliphatic heterocycles. The molecule has 0 N–H and O–H groups in total. The Balaban J connectivity index is 1.73. The molecule has 3 rings (SSSR count). The minimum atomic E-state index is -1.86. The first-order chi connectivity index (χ1) is 16.9. The van der Waals surface area contributed by atoms with Crippen molar-refractivity contribution in [3.05, 3.63) is 53.6 Å². The van der Waals surface area contributed by atoms with Crippen LogP contribution in [0.2, 0.25) is 18.1 Å². The van der Waals surface area contributed by atoms with E-state index in [1.54, 1.807) is 20.1 Å². The minimum Gasteiger partial charge on any atom is -0.497 e. The fraction of sp³-hybridized carbons (Fsp3) is 0.571. The van der Waals surface area contributed by atoms with Crippen LogP contribution in [-0.2, 0) is 30.2 Å². The van der Waals surface area contributed by atoms with Crippen molar-refractivity contribution in [1.82, 2.24) is 5.06 Å². The highest BCUT2D eigenvalue weighted by molar-refractivity contribution is 6.74. The van der Waals surface area contributed by atoms with Crippen molar-refractivity contribution in [2.75, 3.05) is 20.3 Å². The molecule has 0 saturated heterocycles. The lowest BCUT2D eigenvalue weighted by Gasteiger charge is -2.40. The summed E-state index contributed by atoms with van der Waals surface area (Å²) in [7, 11) is -0.249. The van der Waals surface area contributed by atoms with Gasteiger partial charge in [-0.1, -0.05) is 51.1 Å². The molecule has 1 unspecified atom stereocenters. The fourth-order valence-electron chi connectivity index (χ4n) is 4.18. The van der Waals surface area contributed by atoms with E-state index in [0.717, 1.165) is 24.2 Å². The molecule has 0 aromatic heterocycles. The summed E-state index contributed by atoms with van der Waals surface area (Å²) in [6.45, 7) is 13.8. The van der Waals surface area contributed by atoms with Gasteiger partial charge in [-0.2, -0.15) is 0 Å². The Labute approximate surface area is 216 Å². The maximum atomic E-state index is 13.1. The molecule has 1 amide bonds. The van der Waals surface area contributed by atoms with Gasteiger partial charge in [0.1, 0.15) is 17.9 Å². The molecule has 0 saturated carbocycles. The minimum absolute atomic E-state index is 0.0378. The number of hydroxylamine groups is 2. The smallest absolute Gasteiger partial charge is 0.343 e. The molecular formula is C28H41NO6Si. The van der Waals surface area contributed by atoms with E-state index in [9.17, 15) is 9.59 Å². The Hall–Kier alpha value is -2.42. The average molecular weight is 516 g/mol. The van der Waals surface area contributed by atoms with Crippen LogP contribution in [-0.4, -0.2) is 51.6 Å². The van der Waals surface area contributed by atoms with Crippen LogP contribution in [0, 0.1) is 11.8 Å². The van der Waals surface area contributed by atoms with Crippen molar-refractivity contribution >= 4 is 20.2 Å². The zero-order chi connectivity index (χ0) is 26.5. The molecule has 0 spiro atoms. The van der Waals surface area contributed by atoms with E-state index in [-0.39, 0.29) is 41.8 Å². The zero-order valence-electron chi connectivity index (χ0n) is 22.7. The number of nitrogens with zero attached hydrogens (tertiary/aromatic N) is 1. The average Bonchev–Trinajstić information content (AvgIpc) is 2.83. The van der Waals surface area contributed by atoms with Crippen LogP contribution in [0.15, 0.2) is 48.1 Å². The lowest BCUT2D eigenvalue weighted by molar-refractivity contribution is -0.194. The van der Waals surface area contributed by atoms with E-state index in [2.05, 4.69) is 46.0 Å². The molecule has 36 heavy (non-hydrogen) atoms. The number of hydrogen-bond donors (Lipinski definition) is 0. The van der Waals surface area contributed by atoms with Gasteiger partial charge < -0.3 is 13.9 Å². The number of benzene rings is 1. The molecule has 1 aromatic rings. The van der Waals surface area contributed by atoms with E-state index in [0.29, 0.717) is 6.54 Å². The third kappa shape index (κ3) is 6.87. The van der Waals surface area contributed by atoms with Crippen LogP contribution in [0.3, 0.4) is 0 Å². The second kappa shape index (κ2) is 11.8. The van der Waals surface area contributed by atoms with E-state index < -0.39 is 20.2 Å². The second-order valence-corrected chi connectivity index (χ2v) is 15.8. The monoisotopic (exact) mass is 515 g/mol. The molecule has 1 heterocycles. The topological polar surface area (TPSA) is 74.3 Å². The van der Waals surface area contributed by atoms with Gasteiger partial charge in [0.05, 0.1) is 26.4 Å². The number of methoxy groups -OCH3 is 1. The molecular weight excluding hydrogens is 474 g/mol. The van der Waals surface area contributed by atoms with Gasteiger partial charge in [-0.25, -0.2) is 9.86 Å². The van der Waals surface area contributed by atoms with Gasteiger partial charge in [0.2, 0.25) is 0 Å². The Morgan fingerprint density at radius 1 is 1.08 bits per heavy atom. The number of amides is 1. The molecule has 1 aliphatic carbocycles. The Morgan fingerprint density at radius 3 is 2.33 bits per heavy atom. The van der Waals surface area contributed by atoms with Crippen molar-refractivity contribution in [2.45, 2.75) is 71.4 Å². The van der Waals surface area contributed by atoms with E-state index >= 15 is 0 Å². The molecule has 0 radical (unpaired) electrons. The molecule has 198 valence electrons. The highest BCUT2D eigenvalue weighted by atomic mass is 28.4. The number of esters is 1. The van der Waals surface area contributed by atoms with Crippen molar-refractivity contribution in [2.24, 2.45) is 11.8 Å². The fourth-order valence-corrected chi connectivity index (χ4v) is 5.49. The molecule has 1 aromatic carbocycles. The van der Waals surface area contributed by atoms with Crippen LogP contribution in [0.1, 0.15) is 46.1 Å². The number of carbonyl (C=O) groups is 2. The Kier molecular flexibility index (Phi) is 9.19. The lowest BCUT2D eigenvalue weighted by Crippen LogP contribution is -2.45. The van der Waals surface area contributed by atoms with Crippen LogP contribution in [0.5, 0.6) is 5.75 Å². The predicted octanol–water partition coefficient (Wildman–Crippen LogP) is 5.43. The quantitative estimate of drug-likeness (QED) is 0.189. The van der Waals surface area contributed by atoms with Crippen molar-refractivity contribution in [1.29, 1.82) is 0 Å². The Bertz CT molecular complexity index is 979. The van der Waals surface area contributed by atoms with Gasteiger partial charge in [-0.3, -0.25) is 9.63 Å². The van der Waals surface area contributed by atoms with Gasteiger partial charge in [-0.05, 0) is 61.5 Å². The number of hydrogen-bond acceptors (Lipinski definition) is 6. The summed E-state index contributed by atoms with van der Waals surface area (Å²) in [5.74, 6) is -0.196. The van der Waals surface area contributed by atoms with Crippen molar-refractivity contribution < 1.29 is 28.3 Å². The van der Waals surface area contributed by atoms with E-state index in [1.165, 1.54) is 5.06 Å². The van der Waals surface area contributed by atoms with Crippen LogP contribution < -0.4 is 4.74 Å². The van der Waals surface area contributed by atoms with Gasteiger partial charge in [0.15, 0.2) is 8.32 Å². The predicted molar refractivity (Wildman–Crippen MR) is 142 cm³/mol. The van der Waals surface area contributed by atoms with E-state index in [1.807, 2.05) is 24.3 Å². The van der Waals surface area contributed by atoms with E-state index in [4.69, 9.17) is 18.7 Å². The highest BCUT2D eigenvalue weighted by Gasteiger charge is 2.40. The van der Waals surface area contributed by atoms with Crippen molar-refractivity contribution in [3.63, 3.8) is 0 Å². The molecule has 2 aliphatic rings. The molecule has 0 fully saturated rings. The lowest BCUT2D eigenvalue weighted by atomic mass is 9.81. The maximum absolute atomic E-state index is 13.1. The van der Waals surface area contributed by atoms with Crippen LogP contribution in [0.25, 0.3) is 0 Å². The number of allylic oxidation sites excluding steroid dienone is 1. The van der Waals surface area contributed by atoms with Crippen LogP contribution >= 0.6 is 0 Å². The molecule has 8 heteroatoms. The first-order valence-electron chi connectivity index (χ1n) is 12.8. The SMILES string of the molecule is CCOC(=O)C1=CC([C@H]2C=C[C@H](O[Si](C)(C)C(C)(C)C)CC2)CN(OCc2ccc(OC)cc2)C1=O. The largest absolute Gasteiger partial charge is 0.497 e. The number of carbonyl (C=O) groups excluding carboxylic acids is 2. The van der Waals surface area contributed by atoms with Gasteiger partial charge in [-0.15, -0.1) is 0 Å². The highest BCUT2D eigenvalue weighted by Crippen LogP contribution is 2.39. The van der Waals surface area contributed by atoms with Gasteiger partial charge >= 0.3 is 5.97 Å². The first-order valence-corrected chi connectivity index (χ1v) is 15.7. The summed E-state index contributed by atoms with van der Waals surface area (Å²) in [6, 6.07) is 7.47. The normalized spacial score (nSPS) is 22.9. The number of rotatable bonds is 9. The van der Waals surface area contributed by atoms with Crippen LogP contribution in [0.4, 0.5) is 0 Å². The summed E-state index contributed by atoms with van der Waals surface area (Å²) < 4.78 is 16.9. The van der Waals surface area contributed by atoms with Gasteiger partial charge in [0.25, 0.3) is 5.91 Å². The van der Waals surface area contributed by atoms with Gasteiger partial charge in [0, 0.05) is 5.92 Å². The summed E-state index contributed by atoms with van der Waals surface area (Å²) in [5.41, 5.74) is 0.937. The summed E-state index contributed by atoms with van der Waals surface area (Å²) >= 11 is 0. The second-order valence-electron chi connectivity index (χ2n) is 11.0. The zero-order valence-corrected chi connectivity index (χ0v) is 23.7. The summed E-state index contributed by atoms with van der Waals surface area (Å²) in [6.07, 6.45) is 8.04. The third-order valence-electron chi connectivity index (χ3n) is 7.42. The number of ether oxygens (including phenoxy) is 2. The first kappa shape index (κ1) is 28.2. The molecule has 7 nitrogen and oxygen atoms in total.